The average Bonchev–Trinajstić information content (AvgIpc) is 3.08. The van der Waals surface area contributed by atoms with Crippen molar-refractivity contribution in [1.29, 1.82) is 0 Å². The highest BCUT2D eigenvalue weighted by Gasteiger charge is 2.27. The van der Waals surface area contributed by atoms with Gasteiger partial charge in [0.1, 0.15) is 0 Å². The Bertz CT molecular complexity index is 990. The third-order valence-corrected chi connectivity index (χ3v) is 5.81. The van der Waals surface area contributed by atoms with Crippen molar-refractivity contribution in [2.45, 2.75) is 18.2 Å². The van der Waals surface area contributed by atoms with Gasteiger partial charge in [-0.15, -0.1) is 0 Å². The third-order valence-electron chi connectivity index (χ3n) is 4.45. The summed E-state index contributed by atoms with van der Waals surface area (Å²) in [5.74, 6) is 0.166. The van der Waals surface area contributed by atoms with Crippen LogP contribution in [0.25, 0.3) is 0 Å². The highest BCUT2D eigenvalue weighted by molar-refractivity contribution is 7.92. The summed E-state index contributed by atoms with van der Waals surface area (Å²) >= 11 is 0. The van der Waals surface area contributed by atoms with Gasteiger partial charge in [0.15, 0.2) is 0 Å². The van der Waals surface area contributed by atoms with E-state index in [1.165, 1.54) is 24.3 Å². The summed E-state index contributed by atoms with van der Waals surface area (Å²) in [6.07, 6.45) is 0.910. The zero-order valence-corrected chi connectivity index (χ0v) is 15.5. The van der Waals surface area contributed by atoms with E-state index in [1.54, 1.807) is 23.1 Å². The number of para-hydroxylation sites is 1. The molecule has 1 atom stereocenters. The number of nitrogens with zero attached hydrogens (tertiary/aromatic N) is 2. The molecule has 0 spiro atoms. The maximum Gasteiger partial charge on any atom is 0.270 e. The lowest BCUT2D eigenvalue weighted by Crippen LogP contribution is -2.29. The van der Waals surface area contributed by atoms with Crippen LogP contribution in [0.2, 0.25) is 0 Å². The van der Waals surface area contributed by atoms with Gasteiger partial charge >= 0.3 is 0 Å². The molecule has 1 unspecified atom stereocenters. The summed E-state index contributed by atoms with van der Waals surface area (Å²) in [6, 6.07) is 11.1. The van der Waals surface area contributed by atoms with Crippen molar-refractivity contribution in [3.63, 3.8) is 0 Å². The van der Waals surface area contributed by atoms with E-state index in [-0.39, 0.29) is 27.7 Å². The van der Waals surface area contributed by atoms with E-state index in [0.29, 0.717) is 19.0 Å². The first-order valence-corrected chi connectivity index (χ1v) is 9.92. The molecule has 142 valence electrons. The van der Waals surface area contributed by atoms with Gasteiger partial charge in [0.2, 0.25) is 0 Å². The number of hydrogen-bond donors (Lipinski definition) is 1. The van der Waals surface area contributed by atoms with E-state index in [0.717, 1.165) is 12.5 Å². The largest absolute Gasteiger partial charge is 0.338 e. The van der Waals surface area contributed by atoms with E-state index in [9.17, 15) is 23.3 Å². The molecule has 0 saturated carbocycles. The number of amides is 1. The monoisotopic (exact) mass is 389 g/mol. The Morgan fingerprint density at radius 3 is 2.63 bits per heavy atom. The van der Waals surface area contributed by atoms with Crippen LogP contribution in [0.5, 0.6) is 0 Å². The van der Waals surface area contributed by atoms with Crippen molar-refractivity contribution >= 4 is 27.3 Å². The molecule has 1 amide bonds. The lowest BCUT2D eigenvalue weighted by Gasteiger charge is -2.18. The highest BCUT2D eigenvalue weighted by atomic mass is 32.2. The van der Waals surface area contributed by atoms with Gasteiger partial charge in [-0.3, -0.25) is 19.6 Å². The minimum Gasteiger partial charge on any atom is -0.338 e. The molecular weight excluding hydrogens is 370 g/mol. The maximum atomic E-state index is 12.8. The number of nitrogens with one attached hydrogen (secondary N) is 1. The van der Waals surface area contributed by atoms with Crippen LogP contribution < -0.4 is 4.72 Å². The van der Waals surface area contributed by atoms with Crippen LogP contribution in [0.4, 0.5) is 11.4 Å². The third kappa shape index (κ3) is 4.08. The van der Waals surface area contributed by atoms with Gasteiger partial charge in [0.05, 0.1) is 21.1 Å². The molecule has 9 heteroatoms. The second-order valence-electron chi connectivity index (χ2n) is 6.55. The first kappa shape index (κ1) is 18.8. The summed E-state index contributed by atoms with van der Waals surface area (Å²) in [4.78, 5) is 24.5. The normalized spacial score (nSPS) is 16.9. The van der Waals surface area contributed by atoms with Crippen LogP contribution in [0.3, 0.4) is 0 Å². The van der Waals surface area contributed by atoms with E-state index < -0.39 is 14.9 Å². The van der Waals surface area contributed by atoms with Crippen molar-refractivity contribution < 1.29 is 18.1 Å². The molecule has 0 aliphatic carbocycles. The fraction of sp³-hybridized carbons (Fsp3) is 0.278. The van der Waals surface area contributed by atoms with Crippen LogP contribution in [-0.2, 0) is 10.0 Å². The molecule has 27 heavy (non-hydrogen) atoms. The van der Waals surface area contributed by atoms with Gasteiger partial charge in [-0.2, -0.15) is 0 Å². The molecular formula is C18H19N3O5S. The number of nitro groups is 1. The Labute approximate surface area is 157 Å². The van der Waals surface area contributed by atoms with Gasteiger partial charge in [-0.05, 0) is 30.5 Å². The summed E-state index contributed by atoms with van der Waals surface area (Å²) in [6.45, 7) is 3.32. The summed E-state index contributed by atoms with van der Waals surface area (Å²) < 4.78 is 27.7. The number of carbonyl (C=O) groups is 1. The minimum atomic E-state index is -4.08. The van der Waals surface area contributed by atoms with Gasteiger partial charge in [0.25, 0.3) is 21.6 Å². The first-order chi connectivity index (χ1) is 12.8. The fourth-order valence-corrected chi connectivity index (χ4v) is 4.14. The standard InChI is InChI=1S/C18H19N3O5S/c1-13-9-10-20(12-13)18(22)16-7-2-3-8-17(16)19-27(25,26)15-6-4-5-14(11-15)21(23)24/h2-8,11,13,19H,9-10,12H2,1H3. The summed E-state index contributed by atoms with van der Waals surface area (Å²) in [5, 5.41) is 10.9. The quantitative estimate of drug-likeness (QED) is 0.625. The van der Waals surface area contributed by atoms with E-state index >= 15 is 0 Å². The number of hydrogen-bond acceptors (Lipinski definition) is 5. The van der Waals surface area contributed by atoms with Crippen molar-refractivity contribution in [3.05, 3.63) is 64.2 Å². The molecule has 2 aromatic rings. The Morgan fingerprint density at radius 1 is 1.22 bits per heavy atom. The first-order valence-electron chi connectivity index (χ1n) is 8.43. The molecule has 1 saturated heterocycles. The number of anilines is 1. The second kappa shape index (κ2) is 7.36. The van der Waals surface area contributed by atoms with Crippen molar-refractivity contribution in [2.24, 2.45) is 5.92 Å². The Balaban J connectivity index is 1.90. The van der Waals surface area contributed by atoms with E-state index in [1.807, 2.05) is 0 Å². The number of nitro benzene ring substituents is 1. The topological polar surface area (TPSA) is 110 Å². The Morgan fingerprint density at radius 2 is 1.96 bits per heavy atom. The van der Waals surface area contributed by atoms with Crippen LogP contribution in [-0.4, -0.2) is 37.2 Å². The van der Waals surface area contributed by atoms with Crippen LogP contribution >= 0.6 is 0 Å². The van der Waals surface area contributed by atoms with Crippen molar-refractivity contribution in [2.75, 3.05) is 17.8 Å². The molecule has 1 heterocycles. The highest BCUT2D eigenvalue weighted by Crippen LogP contribution is 2.25. The molecule has 0 bridgehead atoms. The van der Waals surface area contributed by atoms with Gasteiger partial charge in [-0.25, -0.2) is 8.42 Å². The van der Waals surface area contributed by atoms with Crippen LogP contribution in [0.15, 0.2) is 53.4 Å². The fourth-order valence-electron chi connectivity index (χ4n) is 3.02. The predicted molar refractivity (Wildman–Crippen MR) is 100 cm³/mol. The SMILES string of the molecule is CC1CCN(C(=O)c2ccccc2NS(=O)(=O)c2cccc([N+](=O)[O-])c2)C1. The molecule has 1 aliphatic rings. The number of rotatable bonds is 5. The lowest BCUT2D eigenvalue weighted by molar-refractivity contribution is -0.385. The molecule has 3 rings (SSSR count). The van der Waals surface area contributed by atoms with Gasteiger partial charge in [0, 0.05) is 25.2 Å². The lowest BCUT2D eigenvalue weighted by atomic mass is 10.1. The van der Waals surface area contributed by atoms with Crippen molar-refractivity contribution in [1.82, 2.24) is 4.90 Å². The molecule has 1 fully saturated rings. The molecule has 0 radical (unpaired) electrons. The molecule has 2 aromatic carbocycles. The number of benzene rings is 2. The molecule has 0 aromatic heterocycles. The number of non-ortho nitro benzene ring substituents is 1. The van der Waals surface area contributed by atoms with E-state index in [4.69, 9.17) is 0 Å². The smallest absolute Gasteiger partial charge is 0.270 e. The van der Waals surface area contributed by atoms with Crippen molar-refractivity contribution in [3.8, 4) is 0 Å². The number of sulfonamides is 1. The molecule has 1 aliphatic heterocycles. The summed E-state index contributed by atoms with van der Waals surface area (Å²) in [7, 11) is -4.08. The molecule has 8 nitrogen and oxygen atoms in total. The Hall–Kier alpha value is -2.94. The number of likely N-dealkylation sites (tertiary alicyclic amines) is 1. The van der Waals surface area contributed by atoms with Crippen LogP contribution in [0.1, 0.15) is 23.7 Å². The van der Waals surface area contributed by atoms with Crippen LogP contribution in [0, 0.1) is 16.0 Å². The molecule has 1 N–H and O–H groups in total. The second-order valence-corrected chi connectivity index (χ2v) is 8.23. The minimum absolute atomic E-state index is 0.147. The van der Waals surface area contributed by atoms with E-state index in [2.05, 4.69) is 11.6 Å². The summed E-state index contributed by atoms with van der Waals surface area (Å²) in [5.41, 5.74) is 0.0717. The zero-order chi connectivity index (χ0) is 19.6. The maximum absolute atomic E-state index is 12.8. The average molecular weight is 389 g/mol. The Kier molecular flexibility index (Phi) is 5.13. The number of carbonyl (C=O) groups excluding carboxylic acids is 1. The zero-order valence-electron chi connectivity index (χ0n) is 14.7. The van der Waals surface area contributed by atoms with Gasteiger partial charge in [-0.1, -0.05) is 25.1 Å². The predicted octanol–water partition coefficient (Wildman–Crippen LogP) is 2.88. The van der Waals surface area contributed by atoms with Gasteiger partial charge < -0.3 is 4.90 Å².